The lowest BCUT2D eigenvalue weighted by Crippen LogP contribution is -2.27. The van der Waals surface area contributed by atoms with Crippen LogP contribution in [0.15, 0.2) is 77.7 Å². The second kappa shape index (κ2) is 9.19. The molecule has 0 aliphatic heterocycles. The van der Waals surface area contributed by atoms with E-state index in [0.29, 0.717) is 0 Å². The maximum absolute atomic E-state index is 12.8. The van der Waals surface area contributed by atoms with Crippen LogP contribution in [0.1, 0.15) is 28.9 Å². The van der Waals surface area contributed by atoms with E-state index >= 15 is 0 Å². The summed E-state index contributed by atoms with van der Waals surface area (Å²) in [5, 5.41) is 3.09. The number of anilines is 1. The van der Waals surface area contributed by atoms with Gasteiger partial charge in [-0.25, -0.2) is 8.42 Å². The summed E-state index contributed by atoms with van der Waals surface area (Å²) in [6.07, 6.45) is 0. The number of amides is 1. The normalized spacial score (nSPS) is 12.1. The van der Waals surface area contributed by atoms with Crippen LogP contribution in [0.25, 0.3) is 0 Å². The summed E-state index contributed by atoms with van der Waals surface area (Å²) >= 11 is 6.19. The van der Waals surface area contributed by atoms with Gasteiger partial charge in [-0.1, -0.05) is 41.9 Å². The molecule has 3 rings (SSSR count). The minimum atomic E-state index is -3.78. The van der Waals surface area contributed by atoms with Crippen LogP contribution in [0, 0.1) is 0 Å². The number of methoxy groups -OCH3 is 1. The summed E-state index contributed by atoms with van der Waals surface area (Å²) in [5.41, 5.74) is 1.30. The molecule has 0 aliphatic carbocycles. The molecule has 0 bridgehead atoms. The minimum Gasteiger partial charge on any atom is -0.497 e. The highest BCUT2D eigenvalue weighted by molar-refractivity contribution is 7.92. The predicted molar refractivity (Wildman–Crippen MR) is 118 cm³/mol. The number of nitrogens with one attached hydrogen (secondary N) is 2. The number of sulfonamides is 1. The van der Waals surface area contributed by atoms with Gasteiger partial charge < -0.3 is 10.1 Å². The maximum atomic E-state index is 12.8. The van der Waals surface area contributed by atoms with Gasteiger partial charge in [-0.2, -0.15) is 0 Å². The van der Waals surface area contributed by atoms with E-state index in [-0.39, 0.29) is 27.2 Å². The molecule has 2 N–H and O–H groups in total. The van der Waals surface area contributed by atoms with Gasteiger partial charge in [0, 0.05) is 5.69 Å². The Hall–Kier alpha value is -3.03. The molecule has 3 aromatic rings. The molecule has 8 heteroatoms. The Morgan fingerprint density at radius 1 is 1.00 bits per heavy atom. The summed E-state index contributed by atoms with van der Waals surface area (Å²) in [5.74, 6) is 0.308. The molecular formula is C22H21ClN2O4S. The maximum Gasteiger partial charge on any atom is 0.261 e. The number of halogens is 1. The van der Waals surface area contributed by atoms with Crippen LogP contribution >= 0.6 is 11.6 Å². The summed E-state index contributed by atoms with van der Waals surface area (Å²) < 4.78 is 32.7. The molecule has 0 aliphatic rings. The van der Waals surface area contributed by atoms with Gasteiger partial charge in [-0.05, 0) is 55.0 Å². The third-order valence-corrected chi connectivity index (χ3v) is 6.21. The number of carbonyl (C=O) groups excluding carboxylic acids is 1. The van der Waals surface area contributed by atoms with Crippen LogP contribution in [0.5, 0.6) is 5.75 Å². The highest BCUT2D eigenvalue weighted by Gasteiger charge is 2.18. The Labute approximate surface area is 180 Å². The molecule has 1 atom stereocenters. The lowest BCUT2D eigenvalue weighted by Gasteiger charge is -2.16. The van der Waals surface area contributed by atoms with E-state index in [0.717, 1.165) is 11.3 Å². The Kier molecular flexibility index (Phi) is 6.64. The number of benzene rings is 3. The lowest BCUT2D eigenvalue weighted by atomic mass is 10.1. The van der Waals surface area contributed by atoms with Crippen molar-refractivity contribution in [2.24, 2.45) is 0 Å². The molecule has 0 aromatic heterocycles. The van der Waals surface area contributed by atoms with Gasteiger partial charge in [0.25, 0.3) is 15.9 Å². The standard InChI is InChI=1S/C22H21ClN2O4S/c1-15(16-8-11-18(29-2)12-9-16)24-22(26)20-14-17(10-13-21(20)23)25-30(27,28)19-6-4-3-5-7-19/h3-15,25H,1-2H3,(H,24,26). The van der Waals surface area contributed by atoms with E-state index < -0.39 is 15.9 Å². The fourth-order valence-corrected chi connectivity index (χ4v) is 4.10. The summed E-state index contributed by atoms with van der Waals surface area (Å²) in [7, 11) is -2.19. The molecule has 1 unspecified atom stereocenters. The molecule has 1 amide bonds. The first kappa shape index (κ1) is 21.7. The topological polar surface area (TPSA) is 84.5 Å². The van der Waals surface area contributed by atoms with Crippen LogP contribution in [0.2, 0.25) is 5.02 Å². The molecule has 3 aromatic carbocycles. The average molecular weight is 445 g/mol. The van der Waals surface area contributed by atoms with Crippen molar-refractivity contribution in [1.29, 1.82) is 0 Å². The molecule has 30 heavy (non-hydrogen) atoms. The zero-order valence-corrected chi connectivity index (χ0v) is 18.0. The first-order chi connectivity index (χ1) is 14.3. The van der Waals surface area contributed by atoms with Crippen LogP contribution in [0.4, 0.5) is 5.69 Å². The van der Waals surface area contributed by atoms with Gasteiger partial charge in [0.1, 0.15) is 5.75 Å². The van der Waals surface area contributed by atoms with E-state index in [2.05, 4.69) is 10.0 Å². The van der Waals surface area contributed by atoms with Crippen LogP contribution in [-0.4, -0.2) is 21.4 Å². The predicted octanol–water partition coefficient (Wildman–Crippen LogP) is 4.64. The average Bonchev–Trinajstić information content (AvgIpc) is 2.75. The Balaban J connectivity index is 1.78. The van der Waals surface area contributed by atoms with E-state index in [1.165, 1.54) is 30.3 Å². The Bertz CT molecular complexity index is 1130. The Morgan fingerprint density at radius 3 is 2.30 bits per heavy atom. The smallest absolute Gasteiger partial charge is 0.261 e. The first-order valence-electron chi connectivity index (χ1n) is 9.12. The van der Waals surface area contributed by atoms with Crippen LogP contribution in [-0.2, 0) is 10.0 Å². The molecular weight excluding hydrogens is 424 g/mol. The number of hydrogen-bond donors (Lipinski definition) is 2. The monoisotopic (exact) mass is 444 g/mol. The number of carbonyl (C=O) groups is 1. The number of ether oxygens (including phenoxy) is 1. The molecule has 0 saturated heterocycles. The molecule has 0 radical (unpaired) electrons. The van der Waals surface area contributed by atoms with Gasteiger partial charge in [-0.15, -0.1) is 0 Å². The Morgan fingerprint density at radius 2 is 1.67 bits per heavy atom. The van der Waals surface area contributed by atoms with Gasteiger partial charge in [0.05, 0.1) is 28.6 Å². The summed E-state index contributed by atoms with van der Waals surface area (Å²) in [6.45, 7) is 1.84. The van der Waals surface area contributed by atoms with Crippen molar-refractivity contribution in [1.82, 2.24) is 5.32 Å². The zero-order valence-electron chi connectivity index (χ0n) is 16.4. The van der Waals surface area contributed by atoms with Crippen molar-refractivity contribution in [2.45, 2.75) is 17.9 Å². The molecule has 0 spiro atoms. The van der Waals surface area contributed by atoms with Crippen molar-refractivity contribution in [3.8, 4) is 5.75 Å². The third-order valence-electron chi connectivity index (χ3n) is 4.48. The second-order valence-electron chi connectivity index (χ2n) is 6.58. The van der Waals surface area contributed by atoms with Crippen molar-refractivity contribution in [3.63, 3.8) is 0 Å². The van der Waals surface area contributed by atoms with Gasteiger partial charge in [-0.3, -0.25) is 9.52 Å². The van der Waals surface area contributed by atoms with Gasteiger partial charge >= 0.3 is 0 Å². The molecule has 0 saturated carbocycles. The molecule has 0 fully saturated rings. The number of rotatable bonds is 7. The highest BCUT2D eigenvalue weighted by atomic mass is 35.5. The number of hydrogen-bond acceptors (Lipinski definition) is 4. The lowest BCUT2D eigenvalue weighted by molar-refractivity contribution is 0.0940. The molecule has 0 heterocycles. The van der Waals surface area contributed by atoms with Crippen LogP contribution < -0.4 is 14.8 Å². The van der Waals surface area contributed by atoms with Crippen LogP contribution in [0.3, 0.4) is 0 Å². The molecule has 156 valence electrons. The summed E-state index contributed by atoms with van der Waals surface area (Å²) in [4.78, 5) is 12.9. The van der Waals surface area contributed by atoms with Crippen molar-refractivity contribution >= 4 is 33.2 Å². The van der Waals surface area contributed by atoms with E-state index in [1.807, 2.05) is 31.2 Å². The summed E-state index contributed by atoms with van der Waals surface area (Å²) in [6, 6.07) is 19.4. The van der Waals surface area contributed by atoms with Crippen molar-refractivity contribution in [2.75, 3.05) is 11.8 Å². The SMILES string of the molecule is COc1ccc(C(C)NC(=O)c2cc(NS(=O)(=O)c3ccccc3)ccc2Cl)cc1. The minimum absolute atomic E-state index is 0.124. The van der Waals surface area contributed by atoms with E-state index in [4.69, 9.17) is 16.3 Å². The highest BCUT2D eigenvalue weighted by Crippen LogP contribution is 2.24. The van der Waals surface area contributed by atoms with E-state index in [9.17, 15) is 13.2 Å². The fraction of sp³-hybridized carbons (Fsp3) is 0.136. The van der Waals surface area contributed by atoms with Gasteiger partial charge in [0.2, 0.25) is 0 Å². The largest absolute Gasteiger partial charge is 0.497 e. The third kappa shape index (κ3) is 5.11. The van der Waals surface area contributed by atoms with Crippen molar-refractivity contribution in [3.05, 3.63) is 88.9 Å². The van der Waals surface area contributed by atoms with E-state index in [1.54, 1.807) is 25.3 Å². The fourth-order valence-electron chi connectivity index (χ4n) is 2.83. The molecule has 6 nitrogen and oxygen atoms in total. The quantitative estimate of drug-likeness (QED) is 0.556. The zero-order chi connectivity index (χ0) is 21.7. The second-order valence-corrected chi connectivity index (χ2v) is 8.67. The van der Waals surface area contributed by atoms with Gasteiger partial charge in [0.15, 0.2) is 0 Å². The van der Waals surface area contributed by atoms with Crippen molar-refractivity contribution < 1.29 is 17.9 Å². The first-order valence-corrected chi connectivity index (χ1v) is 11.0.